The van der Waals surface area contributed by atoms with Gasteiger partial charge in [0, 0.05) is 42.8 Å². The third-order valence-electron chi connectivity index (χ3n) is 5.36. The number of carbonyl (C=O) groups is 2. The van der Waals surface area contributed by atoms with E-state index in [1.165, 1.54) is 10.5 Å². The van der Waals surface area contributed by atoms with Crippen molar-refractivity contribution in [2.24, 2.45) is 0 Å². The van der Waals surface area contributed by atoms with Crippen LogP contribution in [0.3, 0.4) is 0 Å². The van der Waals surface area contributed by atoms with Crippen LogP contribution in [0.2, 0.25) is 10.0 Å². The Hall–Kier alpha value is -1.92. The van der Waals surface area contributed by atoms with Crippen LogP contribution in [0.4, 0.5) is 5.69 Å². The number of hydrogen-bond acceptors (Lipinski definition) is 4. The van der Waals surface area contributed by atoms with Gasteiger partial charge in [0.15, 0.2) is 0 Å². The Balaban J connectivity index is 1.37. The van der Waals surface area contributed by atoms with Gasteiger partial charge >= 0.3 is 0 Å². The predicted molar refractivity (Wildman–Crippen MR) is 111 cm³/mol. The van der Waals surface area contributed by atoms with E-state index >= 15 is 0 Å². The van der Waals surface area contributed by atoms with Gasteiger partial charge in [-0.3, -0.25) is 19.4 Å². The van der Waals surface area contributed by atoms with Crippen LogP contribution in [0.5, 0.6) is 0 Å². The largest absolute Gasteiger partial charge is 0.297 e. The molecule has 7 heteroatoms. The fourth-order valence-electron chi connectivity index (χ4n) is 3.87. The zero-order chi connectivity index (χ0) is 19.7. The summed E-state index contributed by atoms with van der Waals surface area (Å²) in [6.45, 7) is 4.11. The van der Waals surface area contributed by atoms with Crippen LogP contribution in [-0.4, -0.2) is 53.8 Å². The summed E-state index contributed by atoms with van der Waals surface area (Å²) in [6, 6.07) is 14.4. The van der Waals surface area contributed by atoms with Gasteiger partial charge in [0.1, 0.15) is 0 Å². The quantitative estimate of drug-likeness (QED) is 0.714. The van der Waals surface area contributed by atoms with Crippen molar-refractivity contribution >= 4 is 40.7 Å². The molecule has 2 fully saturated rings. The number of imide groups is 1. The van der Waals surface area contributed by atoms with Gasteiger partial charge in [-0.1, -0.05) is 41.4 Å². The van der Waals surface area contributed by atoms with Crippen LogP contribution in [0.1, 0.15) is 12.0 Å². The summed E-state index contributed by atoms with van der Waals surface area (Å²) in [7, 11) is 0. The fraction of sp³-hybridized carbons (Fsp3) is 0.333. The number of piperazine rings is 1. The van der Waals surface area contributed by atoms with E-state index in [1.54, 1.807) is 24.3 Å². The summed E-state index contributed by atoms with van der Waals surface area (Å²) >= 11 is 12.0. The van der Waals surface area contributed by atoms with Crippen LogP contribution >= 0.6 is 23.2 Å². The van der Waals surface area contributed by atoms with E-state index in [1.807, 2.05) is 24.3 Å². The Morgan fingerprint density at radius 2 is 1.61 bits per heavy atom. The molecule has 0 aliphatic carbocycles. The van der Waals surface area contributed by atoms with Crippen LogP contribution in [0.25, 0.3) is 0 Å². The topological polar surface area (TPSA) is 43.9 Å². The molecule has 2 aromatic carbocycles. The SMILES string of the molecule is O=C1C[C@H](N2CCN(Cc3ccc(Cl)cc3)CC2)C(=O)N1c1cccc(Cl)c1. The third kappa shape index (κ3) is 4.08. The summed E-state index contributed by atoms with van der Waals surface area (Å²) in [5.74, 6) is -0.320. The molecule has 0 N–H and O–H groups in total. The van der Waals surface area contributed by atoms with Gasteiger partial charge in [-0.25, -0.2) is 4.90 Å². The number of halogens is 2. The number of anilines is 1. The Kier molecular flexibility index (Phi) is 5.69. The van der Waals surface area contributed by atoms with Crippen LogP contribution in [-0.2, 0) is 16.1 Å². The summed E-state index contributed by atoms with van der Waals surface area (Å²) in [4.78, 5) is 31.2. The minimum absolute atomic E-state index is 0.154. The van der Waals surface area contributed by atoms with Crippen molar-refractivity contribution in [1.82, 2.24) is 9.80 Å². The molecule has 146 valence electrons. The van der Waals surface area contributed by atoms with Crippen molar-refractivity contribution in [3.8, 4) is 0 Å². The van der Waals surface area contributed by atoms with E-state index in [0.29, 0.717) is 10.7 Å². The van der Waals surface area contributed by atoms with Crippen molar-refractivity contribution < 1.29 is 9.59 Å². The van der Waals surface area contributed by atoms with Crippen molar-refractivity contribution in [3.05, 3.63) is 64.1 Å². The monoisotopic (exact) mass is 417 g/mol. The highest BCUT2D eigenvalue weighted by Gasteiger charge is 2.43. The van der Waals surface area contributed by atoms with Crippen molar-refractivity contribution in [1.29, 1.82) is 0 Å². The molecule has 0 spiro atoms. The lowest BCUT2D eigenvalue weighted by atomic mass is 10.1. The molecule has 2 aliphatic heterocycles. The Labute approximate surface area is 174 Å². The first-order valence-corrected chi connectivity index (χ1v) is 10.1. The van der Waals surface area contributed by atoms with Gasteiger partial charge in [0.05, 0.1) is 18.2 Å². The Morgan fingerprint density at radius 3 is 2.29 bits per heavy atom. The van der Waals surface area contributed by atoms with Gasteiger partial charge < -0.3 is 0 Å². The molecule has 2 aliphatic rings. The minimum Gasteiger partial charge on any atom is -0.297 e. The van der Waals surface area contributed by atoms with E-state index in [4.69, 9.17) is 23.2 Å². The summed E-state index contributed by atoms with van der Waals surface area (Å²) in [5.41, 5.74) is 1.77. The zero-order valence-electron chi connectivity index (χ0n) is 15.4. The average Bonchev–Trinajstić information content (AvgIpc) is 2.98. The van der Waals surface area contributed by atoms with Crippen molar-refractivity contribution in [3.63, 3.8) is 0 Å². The lowest BCUT2D eigenvalue weighted by molar-refractivity contribution is -0.123. The second kappa shape index (κ2) is 8.21. The smallest absolute Gasteiger partial charge is 0.251 e. The summed E-state index contributed by atoms with van der Waals surface area (Å²) in [5, 5.41) is 1.25. The number of benzene rings is 2. The molecule has 28 heavy (non-hydrogen) atoms. The average molecular weight is 418 g/mol. The van der Waals surface area contributed by atoms with Gasteiger partial charge in [0.2, 0.25) is 5.91 Å². The molecule has 0 radical (unpaired) electrons. The van der Waals surface area contributed by atoms with E-state index in [0.717, 1.165) is 37.7 Å². The normalized spacial score (nSPS) is 21.5. The van der Waals surface area contributed by atoms with Crippen molar-refractivity contribution in [2.75, 3.05) is 31.1 Å². The molecule has 4 rings (SSSR count). The molecule has 2 amide bonds. The second-order valence-corrected chi connectivity index (χ2v) is 8.08. The Bertz CT molecular complexity index is 879. The Morgan fingerprint density at radius 1 is 0.893 bits per heavy atom. The number of carbonyl (C=O) groups excluding carboxylic acids is 2. The lowest BCUT2D eigenvalue weighted by Crippen LogP contribution is -2.52. The predicted octanol–water partition coefficient (Wildman–Crippen LogP) is 3.44. The molecule has 1 atom stereocenters. The molecule has 5 nitrogen and oxygen atoms in total. The molecular formula is C21H21Cl2N3O2. The third-order valence-corrected chi connectivity index (χ3v) is 5.84. The maximum absolute atomic E-state index is 12.9. The highest BCUT2D eigenvalue weighted by Crippen LogP contribution is 2.28. The molecule has 2 saturated heterocycles. The minimum atomic E-state index is -0.385. The molecule has 0 unspecified atom stereocenters. The number of nitrogens with zero attached hydrogens (tertiary/aromatic N) is 3. The van der Waals surface area contributed by atoms with Crippen molar-refractivity contribution in [2.45, 2.75) is 19.0 Å². The lowest BCUT2D eigenvalue weighted by Gasteiger charge is -2.37. The van der Waals surface area contributed by atoms with Gasteiger partial charge in [-0.2, -0.15) is 0 Å². The molecule has 0 saturated carbocycles. The standard InChI is InChI=1S/C21H21Cl2N3O2/c22-16-6-4-15(5-7-16)14-24-8-10-25(11-9-24)19-13-20(27)26(21(19)28)18-3-1-2-17(23)12-18/h1-7,12,19H,8-11,13-14H2/t19-/m0/s1. The van der Waals surface area contributed by atoms with Crippen LogP contribution < -0.4 is 4.90 Å². The number of amides is 2. The first-order valence-electron chi connectivity index (χ1n) is 9.34. The number of hydrogen-bond donors (Lipinski definition) is 0. The van der Waals surface area contributed by atoms with Gasteiger partial charge in [-0.15, -0.1) is 0 Å². The molecule has 0 bridgehead atoms. The summed E-state index contributed by atoms with van der Waals surface area (Å²) < 4.78 is 0. The van der Waals surface area contributed by atoms with E-state index in [-0.39, 0.29) is 24.3 Å². The molecule has 2 heterocycles. The van der Waals surface area contributed by atoms with Gasteiger partial charge in [0.25, 0.3) is 5.91 Å². The zero-order valence-corrected chi connectivity index (χ0v) is 16.9. The second-order valence-electron chi connectivity index (χ2n) is 7.21. The maximum atomic E-state index is 12.9. The summed E-state index contributed by atoms with van der Waals surface area (Å²) in [6.07, 6.45) is 0.225. The molecular weight excluding hydrogens is 397 g/mol. The van der Waals surface area contributed by atoms with E-state index in [2.05, 4.69) is 9.80 Å². The highest BCUT2D eigenvalue weighted by molar-refractivity contribution is 6.31. The van der Waals surface area contributed by atoms with Crippen LogP contribution in [0, 0.1) is 0 Å². The van der Waals surface area contributed by atoms with Crippen LogP contribution in [0.15, 0.2) is 48.5 Å². The highest BCUT2D eigenvalue weighted by atomic mass is 35.5. The number of rotatable bonds is 4. The fourth-order valence-corrected chi connectivity index (χ4v) is 4.18. The van der Waals surface area contributed by atoms with E-state index < -0.39 is 0 Å². The first kappa shape index (κ1) is 19.4. The molecule has 2 aromatic rings. The van der Waals surface area contributed by atoms with E-state index in [9.17, 15) is 9.59 Å². The van der Waals surface area contributed by atoms with Gasteiger partial charge in [-0.05, 0) is 35.9 Å². The first-order chi connectivity index (χ1) is 13.5. The maximum Gasteiger partial charge on any atom is 0.251 e. The molecule has 0 aromatic heterocycles.